The van der Waals surface area contributed by atoms with Crippen LogP contribution < -0.4 is 15.4 Å². The Balaban J connectivity index is 1.37. The van der Waals surface area contributed by atoms with Crippen molar-refractivity contribution in [2.75, 3.05) is 17.2 Å². The first-order valence-corrected chi connectivity index (χ1v) is 13.7. The van der Waals surface area contributed by atoms with E-state index < -0.39 is 6.09 Å². The van der Waals surface area contributed by atoms with Gasteiger partial charge in [0.2, 0.25) is 5.91 Å². The number of amides is 2. The molecule has 2 aromatic carbocycles. The molecule has 0 radical (unpaired) electrons. The van der Waals surface area contributed by atoms with Gasteiger partial charge < -0.3 is 19.4 Å². The summed E-state index contributed by atoms with van der Waals surface area (Å²) in [4.78, 5) is 25.3. The molecule has 3 aromatic rings. The molecule has 3 aliphatic carbocycles. The summed E-state index contributed by atoms with van der Waals surface area (Å²) in [5.41, 5.74) is 4.64. The zero-order valence-corrected chi connectivity index (χ0v) is 21.6. The summed E-state index contributed by atoms with van der Waals surface area (Å²) >= 11 is 0. The third-order valence-electron chi connectivity index (χ3n) is 7.91. The average Bonchev–Trinajstić information content (AvgIpc) is 3.76. The molecule has 3 saturated carbocycles. The Labute approximate surface area is 217 Å². The molecule has 6 rings (SSSR count). The third-order valence-corrected chi connectivity index (χ3v) is 7.91. The van der Waals surface area contributed by atoms with E-state index in [1.807, 2.05) is 44.2 Å². The number of aromatic nitrogens is 1. The normalized spacial score (nSPS) is 18.2. The van der Waals surface area contributed by atoms with E-state index in [9.17, 15) is 9.59 Å². The van der Waals surface area contributed by atoms with E-state index in [4.69, 9.17) is 9.47 Å². The van der Waals surface area contributed by atoms with Crippen molar-refractivity contribution >= 4 is 34.3 Å². The molecule has 0 spiro atoms. The molecular weight excluding hydrogens is 466 g/mol. The fourth-order valence-electron chi connectivity index (χ4n) is 5.24. The Bertz CT molecular complexity index is 1320. The lowest BCUT2D eigenvalue weighted by Gasteiger charge is -2.30. The summed E-state index contributed by atoms with van der Waals surface area (Å²) in [7, 11) is 0. The smallest absolute Gasteiger partial charge is 0.411 e. The van der Waals surface area contributed by atoms with Gasteiger partial charge in [0.15, 0.2) is 0 Å². The minimum atomic E-state index is -0.420. The second kappa shape index (κ2) is 9.77. The molecule has 3 aliphatic rings. The number of carbonyl (C=O) groups is 2. The highest BCUT2D eigenvalue weighted by Crippen LogP contribution is 2.47. The number of nitrogens with one attached hydrogen (secondary N) is 2. The molecule has 1 unspecified atom stereocenters. The Morgan fingerprint density at radius 2 is 1.76 bits per heavy atom. The van der Waals surface area contributed by atoms with Crippen LogP contribution in [0.15, 0.2) is 42.5 Å². The third kappa shape index (κ3) is 4.91. The van der Waals surface area contributed by atoms with Crippen molar-refractivity contribution in [3.63, 3.8) is 0 Å². The molecule has 0 saturated heterocycles. The quantitative estimate of drug-likeness (QED) is 0.327. The van der Waals surface area contributed by atoms with Crippen molar-refractivity contribution < 1.29 is 19.1 Å². The van der Waals surface area contributed by atoms with E-state index in [0.29, 0.717) is 24.3 Å². The van der Waals surface area contributed by atoms with Gasteiger partial charge in [-0.25, -0.2) is 4.79 Å². The predicted molar refractivity (Wildman–Crippen MR) is 145 cm³/mol. The summed E-state index contributed by atoms with van der Waals surface area (Å²) in [5, 5.41) is 7.17. The van der Waals surface area contributed by atoms with Crippen LogP contribution in [0.3, 0.4) is 0 Å². The number of carbonyl (C=O) groups excluding carboxylic acids is 2. The Hall–Kier alpha value is -3.48. The topological polar surface area (TPSA) is 81.6 Å². The van der Waals surface area contributed by atoms with Gasteiger partial charge in [-0.2, -0.15) is 0 Å². The van der Waals surface area contributed by atoms with Crippen LogP contribution in [0.2, 0.25) is 0 Å². The van der Waals surface area contributed by atoms with Crippen molar-refractivity contribution in [3.05, 3.63) is 42.5 Å². The SMILES string of the molecule is CCOc1ccc2c(NC(=O)C3CC3)c(-c3ccc(NC(=O)OC(C)C4CC4)cc3)n(C3CCC3)c2c1. The summed E-state index contributed by atoms with van der Waals surface area (Å²) in [6.07, 6.45) is 7.09. The Kier molecular flexibility index (Phi) is 6.31. The molecule has 7 nitrogen and oxygen atoms in total. The standard InChI is InChI=1S/C30H35N3O4/c1-3-36-24-15-16-25-26(17-24)33(23-5-4-6-23)28(27(25)32-29(34)21-9-10-21)20-11-13-22(14-12-20)31-30(35)37-18(2)19-7-8-19/h11-19,21,23H,3-10H2,1-2H3,(H,31,35)(H,32,34). The van der Waals surface area contributed by atoms with Crippen LogP contribution in [-0.2, 0) is 9.53 Å². The molecule has 0 bridgehead atoms. The van der Waals surface area contributed by atoms with Gasteiger partial charge in [-0.15, -0.1) is 0 Å². The molecule has 1 heterocycles. The Morgan fingerprint density at radius 1 is 1.00 bits per heavy atom. The van der Waals surface area contributed by atoms with Crippen molar-refractivity contribution in [1.29, 1.82) is 0 Å². The second-order valence-corrected chi connectivity index (χ2v) is 10.7. The number of fused-ring (bicyclic) bond motifs is 1. The van der Waals surface area contributed by atoms with Gasteiger partial charge in [-0.1, -0.05) is 12.1 Å². The lowest BCUT2D eigenvalue weighted by atomic mass is 9.92. The molecular formula is C30H35N3O4. The minimum absolute atomic E-state index is 0.0586. The maximum Gasteiger partial charge on any atom is 0.411 e. The largest absolute Gasteiger partial charge is 0.494 e. The maximum atomic E-state index is 12.9. The van der Waals surface area contributed by atoms with Crippen LogP contribution in [0.25, 0.3) is 22.2 Å². The van der Waals surface area contributed by atoms with E-state index in [1.54, 1.807) is 0 Å². The van der Waals surface area contributed by atoms with Gasteiger partial charge in [-0.05, 0) is 89.0 Å². The van der Waals surface area contributed by atoms with E-state index in [1.165, 1.54) is 6.42 Å². The van der Waals surface area contributed by atoms with Gasteiger partial charge in [0.1, 0.15) is 11.9 Å². The van der Waals surface area contributed by atoms with Crippen molar-refractivity contribution in [3.8, 4) is 17.0 Å². The van der Waals surface area contributed by atoms with Gasteiger partial charge >= 0.3 is 6.09 Å². The number of anilines is 2. The second-order valence-electron chi connectivity index (χ2n) is 10.7. The highest BCUT2D eigenvalue weighted by Gasteiger charge is 2.33. The van der Waals surface area contributed by atoms with Gasteiger partial charge in [0.25, 0.3) is 0 Å². The summed E-state index contributed by atoms with van der Waals surface area (Å²) in [6.45, 7) is 4.54. The van der Waals surface area contributed by atoms with Gasteiger partial charge in [-0.3, -0.25) is 10.1 Å². The van der Waals surface area contributed by atoms with Crippen LogP contribution in [-0.4, -0.2) is 29.3 Å². The van der Waals surface area contributed by atoms with Crippen molar-refractivity contribution in [2.45, 2.75) is 70.9 Å². The first-order valence-electron chi connectivity index (χ1n) is 13.7. The first-order chi connectivity index (χ1) is 18.0. The van der Waals surface area contributed by atoms with Crippen LogP contribution in [0.4, 0.5) is 16.2 Å². The molecule has 2 amide bonds. The maximum absolute atomic E-state index is 12.9. The molecule has 1 atom stereocenters. The fraction of sp³-hybridized carbons (Fsp3) is 0.467. The van der Waals surface area contributed by atoms with E-state index >= 15 is 0 Å². The number of benzene rings is 2. The van der Waals surface area contributed by atoms with Gasteiger partial charge in [0, 0.05) is 34.7 Å². The molecule has 2 N–H and O–H groups in total. The molecule has 3 fully saturated rings. The average molecular weight is 502 g/mol. The Morgan fingerprint density at radius 3 is 2.38 bits per heavy atom. The van der Waals surface area contributed by atoms with E-state index in [0.717, 1.165) is 72.1 Å². The number of ether oxygens (including phenoxy) is 2. The van der Waals surface area contributed by atoms with Crippen molar-refractivity contribution in [2.24, 2.45) is 11.8 Å². The molecule has 37 heavy (non-hydrogen) atoms. The minimum Gasteiger partial charge on any atom is -0.494 e. The molecule has 194 valence electrons. The lowest BCUT2D eigenvalue weighted by molar-refractivity contribution is -0.117. The van der Waals surface area contributed by atoms with Crippen molar-refractivity contribution in [1.82, 2.24) is 4.57 Å². The van der Waals surface area contributed by atoms with E-state index in [2.05, 4.69) is 27.3 Å². The van der Waals surface area contributed by atoms with Crippen LogP contribution >= 0.6 is 0 Å². The van der Waals surface area contributed by atoms with Crippen LogP contribution in [0, 0.1) is 11.8 Å². The molecule has 7 heteroatoms. The zero-order valence-electron chi connectivity index (χ0n) is 21.6. The number of rotatable bonds is 9. The number of hydrogen-bond donors (Lipinski definition) is 2. The summed E-state index contributed by atoms with van der Waals surface area (Å²) in [6, 6.07) is 14.3. The summed E-state index contributed by atoms with van der Waals surface area (Å²) in [5.74, 6) is 1.52. The van der Waals surface area contributed by atoms with Gasteiger partial charge in [0.05, 0.1) is 23.5 Å². The lowest BCUT2D eigenvalue weighted by Crippen LogP contribution is -2.21. The summed E-state index contributed by atoms with van der Waals surface area (Å²) < 4.78 is 13.7. The van der Waals surface area contributed by atoms with Crippen LogP contribution in [0.1, 0.15) is 64.8 Å². The zero-order chi connectivity index (χ0) is 25.5. The number of hydrogen-bond acceptors (Lipinski definition) is 4. The monoisotopic (exact) mass is 501 g/mol. The number of nitrogens with zero attached hydrogens (tertiary/aromatic N) is 1. The fourth-order valence-corrected chi connectivity index (χ4v) is 5.24. The highest BCUT2D eigenvalue weighted by atomic mass is 16.6. The molecule has 0 aliphatic heterocycles. The van der Waals surface area contributed by atoms with E-state index in [-0.39, 0.29) is 17.9 Å². The highest BCUT2D eigenvalue weighted by molar-refractivity contribution is 6.09. The first kappa shape index (κ1) is 23.9. The van der Waals surface area contributed by atoms with Crippen LogP contribution in [0.5, 0.6) is 5.75 Å². The molecule has 1 aromatic heterocycles. The predicted octanol–water partition coefficient (Wildman–Crippen LogP) is 7.13.